The molecule has 1 N–H and O–H groups in total. The van der Waals surface area contributed by atoms with Crippen molar-refractivity contribution < 1.29 is 29.0 Å². The minimum absolute atomic E-state index is 0.0696. The van der Waals surface area contributed by atoms with Crippen LogP contribution in [0.2, 0.25) is 10.0 Å². The quantitative estimate of drug-likeness (QED) is 0.323. The molecule has 0 aromatic heterocycles. The third-order valence-electron chi connectivity index (χ3n) is 5.23. The maximum Gasteiger partial charge on any atom is 0.335 e. The number of nitrogens with zero attached hydrogens (tertiary/aromatic N) is 1. The Morgan fingerprint density at radius 1 is 1.06 bits per heavy atom. The summed E-state index contributed by atoms with van der Waals surface area (Å²) in [7, 11) is 1.45. The van der Waals surface area contributed by atoms with Crippen molar-refractivity contribution >= 4 is 58.2 Å². The topological polar surface area (TPSA) is 93.1 Å². The van der Waals surface area contributed by atoms with Crippen LogP contribution in [0.5, 0.6) is 11.5 Å². The molecule has 0 radical (unpaired) electrons. The van der Waals surface area contributed by atoms with Crippen molar-refractivity contribution in [3.8, 4) is 11.5 Å². The fourth-order valence-electron chi connectivity index (χ4n) is 3.47. The van der Waals surface area contributed by atoms with E-state index in [1.54, 1.807) is 54.6 Å². The highest BCUT2D eigenvalue weighted by Crippen LogP contribution is 2.39. The smallest absolute Gasteiger partial charge is 0.335 e. The van der Waals surface area contributed by atoms with Gasteiger partial charge in [0.1, 0.15) is 6.61 Å². The van der Waals surface area contributed by atoms with Crippen molar-refractivity contribution in [2.45, 2.75) is 13.2 Å². The predicted octanol–water partition coefficient (Wildman–Crippen LogP) is 6.52. The number of rotatable bonds is 8. The molecule has 184 valence electrons. The van der Waals surface area contributed by atoms with Gasteiger partial charge in [-0.2, -0.15) is 0 Å². The maximum absolute atomic E-state index is 12.9. The molecule has 1 aliphatic rings. The number of benzene rings is 3. The molecule has 0 unspecified atom stereocenters. The molecule has 7 nitrogen and oxygen atoms in total. The van der Waals surface area contributed by atoms with Crippen molar-refractivity contribution in [1.29, 1.82) is 0 Å². The van der Waals surface area contributed by atoms with Gasteiger partial charge in [-0.25, -0.2) is 4.79 Å². The number of carboxylic acid groups (broad SMARTS) is 1. The summed E-state index contributed by atoms with van der Waals surface area (Å²) in [5.41, 5.74) is 2.12. The Labute approximate surface area is 221 Å². The number of imide groups is 1. The third kappa shape index (κ3) is 5.84. The lowest BCUT2D eigenvalue weighted by Crippen LogP contribution is -2.27. The molecule has 3 aromatic rings. The van der Waals surface area contributed by atoms with Crippen LogP contribution in [0.1, 0.15) is 27.0 Å². The van der Waals surface area contributed by atoms with Crippen LogP contribution in [-0.4, -0.2) is 34.2 Å². The van der Waals surface area contributed by atoms with Crippen molar-refractivity contribution in [3.63, 3.8) is 0 Å². The Balaban J connectivity index is 1.52. The molecule has 1 aliphatic heterocycles. The molecule has 10 heteroatoms. The first-order valence-corrected chi connectivity index (χ1v) is 12.1. The highest BCUT2D eigenvalue weighted by molar-refractivity contribution is 8.18. The standard InChI is InChI=1S/C26H19Cl2NO6S/c1-34-21-11-17(10-20(28)23(21)35-14-16-3-2-4-18(9-16)25(31)32)12-22-24(30)29(26(33)36-22)13-15-5-7-19(27)8-6-15/h2-12H,13-14H2,1H3,(H,31,32)/b22-12+. The number of carbonyl (C=O) groups excluding carboxylic acids is 2. The number of aromatic carboxylic acids is 1. The fourth-order valence-corrected chi connectivity index (χ4v) is 4.71. The van der Waals surface area contributed by atoms with Crippen LogP contribution in [0.3, 0.4) is 0 Å². The highest BCUT2D eigenvalue weighted by Gasteiger charge is 2.35. The van der Waals surface area contributed by atoms with Crippen LogP contribution in [0.25, 0.3) is 6.08 Å². The second-order valence-corrected chi connectivity index (χ2v) is 9.56. The van der Waals surface area contributed by atoms with Crippen LogP contribution in [0.15, 0.2) is 65.6 Å². The van der Waals surface area contributed by atoms with Crippen molar-refractivity contribution in [1.82, 2.24) is 4.90 Å². The normalized spacial score (nSPS) is 14.4. The fraction of sp³-hybridized carbons (Fsp3) is 0.115. The zero-order valence-corrected chi connectivity index (χ0v) is 21.2. The molecule has 36 heavy (non-hydrogen) atoms. The number of methoxy groups -OCH3 is 1. The second kappa shape index (κ2) is 11.1. The number of carbonyl (C=O) groups is 3. The number of carboxylic acids is 1. The predicted molar refractivity (Wildman–Crippen MR) is 139 cm³/mol. The Bertz CT molecular complexity index is 1370. The summed E-state index contributed by atoms with van der Waals surface area (Å²) in [6.45, 7) is 0.208. The van der Waals surface area contributed by atoms with E-state index in [9.17, 15) is 14.4 Å². The lowest BCUT2D eigenvalue weighted by Gasteiger charge is -2.14. The summed E-state index contributed by atoms with van der Waals surface area (Å²) in [5, 5.41) is 9.59. The molecule has 1 heterocycles. The van der Waals surface area contributed by atoms with E-state index in [0.717, 1.165) is 17.3 Å². The Kier molecular flexibility index (Phi) is 7.88. The first kappa shape index (κ1) is 25.6. The minimum Gasteiger partial charge on any atom is -0.493 e. The maximum atomic E-state index is 12.9. The minimum atomic E-state index is -1.03. The second-order valence-electron chi connectivity index (χ2n) is 7.72. The molecule has 2 amide bonds. The Hall–Kier alpha value is -3.46. The van der Waals surface area contributed by atoms with E-state index in [1.165, 1.54) is 24.1 Å². The Morgan fingerprint density at radius 2 is 1.81 bits per heavy atom. The molecule has 0 spiro atoms. The van der Waals surface area contributed by atoms with Gasteiger partial charge in [0.2, 0.25) is 0 Å². The Morgan fingerprint density at radius 3 is 2.50 bits per heavy atom. The highest BCUT2D eigenvalue weighted by atomic mass is 35.5. The molecule has 0 atom stereocenters. The summed E-state index contributed by atoms with van der Waals surface area (Å²) in [6.07, 6.45) is 1.57. The van der Waals surface area contributed by atoms with Crippen LogP contribution < -0.4 is 9.47 Å². The van der Waals surface area contributed by atoms with Crippen LogP contribution in [0.4, 0.5) is 4.79 Å². The molecule has 4 rings (SSSR count). The third-order valence-corrected chi connectivity index (χ3v) is 6.67. The van der Waals surface area contributed by atoms with Gasteiger partial charge in [0.05, 0.1) is 29.1 Å². The average Bonchev–Trinajstić information content (AvgIpc) is 3.11. The van der Waals surface area contributed by atoms with Gasteiger partial charge < -0.3 is 14.6 Å². The number of hydrogen-bond donors (Lipinski definition) is 1. The lowest BCUT2D eigenvalue weighted by molar-refractivity contribution is -0.123. The molecular formula is C26H19Cl2NO6S. The summed E-state index contributed by atoms with van der Waals surface area (Å²) < 4.78 is 11.2. The van der Waals surface area contributed by atoms with Crippen LogP contribution in [0, 0.1) is 0 Å². The number of ether oxygens (including phenoxy) is 2. The summed E-state index contributed by atoms with van der Waals surface area (Å²) >= 11 is 13.2. The van der Waals surface area contributed by atoms with E-state index >= 15 is 0 Å². The molecule has 1 fully saturated rings. The van der Waals surface area contributed by atoms with Gasteiger partial charge in [-0.1, -0.05) is 47.5 Å². The van der Waals surface area contributed by atoms with E-state index in [0.29, 0.717) is 21.9 Å². The van der Waals surface area contributed by atoms with Crippen molar-refractivity contribution in [2.75, 3.05) is 7.11 Å². The van der Waals surface area contributed by atoms with Gasteiger partial charge in [0.25, 0.3) is 11.1 Å². The molecule has 1 saturated heterocycles. The number of thioether (sulfide) groups is 1. The zero-order chi connectivity index (χ0) is 25.8. The first-order valence-electron chi connectivity index (χ1n) is 10.6. The monoisotopic (exact) mass is 543 g/mol. The largest absolute Gasteiger partial charge is 0.493 e. The van der Waals surface area contributed by atoms with E-state index in [-0.39, 0.29) is 39.6 Å². The van der Waals surface area contributed by atoms with Gasteiger partial charge in [0.15, 0.2) is 11.5 Å². The van der Waals surface area contributed by atoms with Gasteiger partial charge in [-0.3, -0.25) is 14.5 Å². The average molecular weight is 544 g/mol. The van der Waals surface area contributed by atoms with Crippen LogP contribution >= 0.6 is 35.0 Å². The number of hydrogen-bond acceptors (Lipinski definition) is 6. The zero-order valence-electron chi connectivity index (χ0n) is 18.9. The summed E-state index contributed by atoms with van der Waals surface area (Å²) in [6, 6.07) is 16.5. The molecule has 0 aliphatic carbocycles. The summed E-state index contributed by atoms with van der Waals surface area (Å²) in [5.74, 6) is -0.848. The first-order chi connectivity index (χ1) is 17.2. The van der Waals surface area contributed by atoms with Gasteiger partial charge in [-0.05, 0) is 70.9 Å². The lowest BCUT2D eigenvalue weighted by atomic mass is 10.1. The molecule has 3 aromatic carbocycles. The molecule has 0 saturated carbocycles. The van der Waals surface area contributed by atoms with Gasteiger partial charge >= 0.3 is 5.97 Å². The summed E-state index contributed by atoms with van der Waals surface area (Å²) in [4.78, 5) is 38.0. The van der Waals surface area contributed by atoms with E-state index in [2.05, 4.69) is 0 Å². The SMILES string of the molecule is COc1cc(/C=C2/SC(=O)N(Cc3ccc(Cl)cc3)C2=O)cc(Cl)c1OCc1cccc(C(=O)O)c1. The molecule has 0 bridgehead atoms. The van der Waals surface area contributed by atoms with E-state index in [1.807, 2.05) is 0 Å². The molecular weight excluding hydrogens is 525 g/mol. The van der Waals surface area contributed by atoms with E-state index in [4.69, 9.17) is 37.8 Å². The van der Waals surface area contributed by atoms with Gasteiger partial charge in [0, 0.05) is 5.02 Å². The van der Waals surface area contributed by atoms with Crippen LogP contribution in [-0.2, 0) is 17.9 Å². The number of amides is 2. The van der Waals surface area contributed by atoms with Gasteiger partial charge in [-0.15, -0.1) is 0 Å². The van der Waals surface area contributed by atoms with Crippen molar-refractivity contribution in [2.24, 2.45) is 0 Å². The van der Waals surface area contributed by atoms with Crippen molar-refractivity contribution in [3.05, 3.63) is 97.9 Å². The van der Waals surface area contributed by atoms with E-state index < -0.39 is 11.9 Å². The number of halogens is 2.